The Morgan fingerprint density at radius 1 is 1.11 bits per heavy atom. The van der Waals surface area contributed by atoms with Gasteiger partial charge in [0, 0.05) is 10.4 Å². The van der Waals surface area contributed by atoms with E-state index in [1.54, 1.807) is 23.5 Å². The van der Waals surface area contributed by atoms with Crippen LogP contribution in [-0.2, 0) is 16.6 Å². The van der Waals surface area contributed by atoms with Gasteiger partial charge in [0.05, 0.1) is 23.7 Å². The summed E-state index contributed by atoms with van der Waals surface area (Å²) in [7, 11) is -3.69. The molecule has 2 aromatic heterocycles. The molecule has 1 atom stereocenters. The Kier molecular flexibility index (Phi) is 6.33. The Hall–Kier alpha value is -2.42. The van der Waals surface area contributed by atoms with Crippen LogP contribution in [0.4, 0.5) is 0 Å². The van der Waals surface area contributed by atoms with Crippen molar-refractivity contribution in [3.63, 3.8) is 0 Å². The van der Waals surface area contributed by atoms with Crippen molar-refractivity contribution in [2.75, 3.05) is 0 Å². The van der Waals surface area contributed by atoms with E-state index in [0.29, 0.717) is 11.3 Å². The van der Waals surface area contributed by atoms with Crippen molar-refractivity contribution in [1.82, 2.24) is 10.0 Å². The van der Waals surface area contributed by atoms with Crippen molar-refractivity contribution in [3.05, 3.63) is 76.4 Å². The number of amides is 1. The zero-order chi connectivity index (χ0) is 20.1. The number of sulfonamides is 1. The molecule has 8 heteroatoms. The summed E-state index contributed by atoms with van der Waals surface area (Å²) in [6.45, 7) is 4.16. The van der Waals surface area contributed by atoms with Gasteiger partial charge in [-0.1, -0.05) is 19.9 Å². The quantitative estimate of drug-likeness (QED) is 0.580. The number of rotatable bonds is 8. The summed E-state index contributed by atoms with van der Waals surface area (Å²) < 4.78 is 32.4. The zero-order valence-corrected chi connectivity index (χ0v) is 17.2. The molecule has 6 nitrogen and oxygen atoms in total. The van der Waals surface area contributed by atoms with E-state index >= 15 is 0 Å². The molecule has 0 aliphatic rings. The van der Waals surface area contributed by atoms with Gasteiger partial charge in [-0.15, -0.1) is 11.3 Å². The lowest BCUT2D eigenvalue weighted by molar-refractivity contribution is 0.0926. The maximum atomic E-state index is 12.6. The number of nitrogens with one attached hydrogen (secondary N) is 2. The molecular formula is C20H22N2O4S2. The highest BCUT2D eigenvalue weighted by atomic mass is 32.2. The Balaban J connectivity index is 1.68. The lowest BCUT2D eigenvalue weighted by Crippen LogP contribution is -2.31. The number of carbonyl (C=O) groups excluding carboxylic acids is 1. The third-order valence-electron chi connectivity index (χ3n) is 4.25. The second-order valence-corrected chi connectivity index (χ2v) is 9.39. The smallest absolute Gasteiger partial charge is 0.251 e. The fourth-order valence-electron chi connectivity index (χ4n) is 2.71. The van der Waals surface area contributed by atoms with Crippen molar-refractivity contribution >= 4 is 27.3 Å². The average Bonchev–Trinajstić information content (AvgIpc) is 3.38. The Labute approximate surface area is 168 Å². The van der Waals surface area contributed by atoms with Crippen molar-refractivity contribution in [3.8, 4) is 0 Å². The van der Waals surface area contributed by atoms with Gasteiger partial charge in [-0.2, -0.15) is 0 Å². The summed E-state index contributed by atoms with van der Waals surface area (Å²) in [5, 5.41) is 5.01. The minimum Gasteiger partial charge on any atom is -0.468 e. The van der Waals surface area contributed by atoms with E-state index in [9.17, 15) is 13.2 Å². The molecular weight excluding hydrogens is 396 g/mol. The normalized spacial score (nSPS) is 12.8. The first-order chi connectivity index (χ1) is 13.4. The molecule has 2 heterocycles. The summed E-state index contributed by atoms with van der Waals surface area (Å²) in [5.74, 6) is 0.514. The molecule has 0 spiro atoms. The van der Waals surface area contributed by atoms with Crippen LogP contribution < -0.4 is 10.0 Å². The fraction of sp³-hybridized carbons (Fsp3) is 0.250. The van der Waals surface area contributed by atoms with E-state index in [1.807, 2.05) is 31.4 Å². The number of carbonyl (C=O) groups is 1. The minimum absolute atomic E-state index is 0.0639. The molecule has 1 aromatic carbocycles. The second-order valence-electron chi connectivity index (χ2n) is 6.64. The molecule has 3 aromatic rings. The van der Waals surface area contributed by atoms with Crippen LogP contribution in [0, 0.1) is 5.92 Å². The summed E-state index contributed by atoms with van der Waals surface area (Å²) in [4.78, 5) is 13.8. The van der Waals surface area contributed by atoms with E-state index in [2.05, 4.69) is 10.0 Å². The summed E-state index contributed by atoms with van der Waals surface area (Å²) in [5.41, 5.74) is 0.409. The van der Waals surface area contributed by atoms with Gasteiger partial charge < -0.3 is 9.73 Å². The number of benzene rings is 1. The molecule has 148 valence electrons. The fourth-order valence-corrected chi connectivity index (χ4v) is 4.65. The first-order valence-corrected chi connectivity index (χ1v) is 11.2. The molecule has 0 bridgehead atoms. The number of furan rings is 1. The van der Waals surface area contributed by atoms with Crippen molar-refractivity contribution in [1.29, 1.82) is 0 Å². The van der Waals surface area contributed by atoms with Crippen molar-refractivity contribution < 1.29 is 17.6 Å². The zero-order valence-electron chi connectivity index (χ0n) is 15.6. The van der Waals surface area contributed by atoms with Crippen LogP contribution in [-0.4, -0.2) is 14.3 Å². The molecule has 1 amide bonds. The third-order valence-corrected chi connectivity index (χ3v) is 6.62. The van der Waals surface area contributed by atoms with Crippen LogP contribution in [0.25, 0.3) is 0 Å². The first kappa shape index (κ1) is 20.3. The third kappa shape index (κ3) is 4.89. The largest absolute Gasteiger partial charge is 0.468 e. The topological polar surface area (TPSA) is 88.4 Å². The highest BCUT2D eigenvalue weighted by Crippen LogP contribution is 2.26. The summed E-state index contributed by atoms with van der Waals surface area (Å²) in [6.07, 6.45) is 1.48. The molecule has 0 radical (unpaired) electrons. The molecule has 0 fully saturated rings. The predicted molar refractivity (Wildman–Crippen MR) is 109 cm³/mol. The number of thiophene rings is 1. The molecule has 0 saturated heterocycles. The maximum Gasteiger partial charge on any atom is 0.251 e. The van der Waals surface area contributed by atoms with Crippen LogP contribution in [0.15, 0.2) is 69.5 Å². The summed E-state index contributed by atoms with van der Waals surface area (Å²) >= 11 is 1.60. The van der Waals surface area contributed by atoms with Crippen LogP contribution in [0.3, 0.4) is 0 Å². The standard InChI is InChI=1S/C20H22N2O4S2/c1-14(2)19(18-6-4-12-27-18)22-20(23)15-7-9-17(10-8-15)28(24,25)21-13-16-5-3-11-26-16/h3-12,14,19,21H,13H2,1-2H3,(H,22,23)/t19-/m0/s1. The number of hydrogen-bond acceptors (Lipinski definition) is 5. The Morgan fingerprint density at radius 2 is 1.86 bits per heavy atom. The minimum atomic E-state index is -3.69. The average molecular weight is 419 g/mol. The molecule has 0 aliphatic heterocycles. The van der Waals surface area contributed by atoms with Gasteiger partial charge in [0.25, 0.3) is 5.91 Å². The SMILES string of the molecule is CC(C)[C@H](NC(=O)c1ccc(S(=O)(=O)NCc2ccco2)cc1)c1cccs1. The molecule has 0 unspecified atom stereocenters. The van der Waals surface area contributed by atoms with Gasteiger partial charge in [0.15, 0.2) is 0 Å². The van der Waals surface area contributed by atoms with Gasteiger partial charge in [0.1, 0.15) is 5.76 Å². The van der Waals surface area contributed by atoms with Crippen molar-refractivity contribution in [2.24, 2.45) is 5.92 Å². The van der Waals surface area contributed by atoms with Gasteiger partial charge in [-0.25, -0.2) is 13.1 Å². The molecule has 3 rings (SSSR count). The van der Waals surface area contributed by atoms with E-state index in [0.717, 1.165) is 4.88 Å². The van der Waals surface area contributed by atoms with E-state index in [4.69, 9.17) is 4.42 Å². The Morgan fingerprint density at radius 3 is 2.43 bits per heavy atom. The molecule has 0 aliphatic carbocycles. The summed E-state index contributed by atoms with van der Waals surface area (Å²) in [6, 6.07) is 13.1. The first-order valence-electron chi connectivity index (χ1n) is 8.83. The van der Waals surface area contributed by atoms with Gasteiger partial charge in [0.2, 0.25) is 10.0 Å². The van der Waals surface area contributed by atoms with Crippen LogP contribution >= 0.6 is 11.3 Å². The highest BCUT2D eigenvalue weighted by molar-refractivity contribution is 7.89. The maximum absolute atomic E-state index is 12.6. The lowest BCUT2D eigenvalue weighted by Gasteiger charge is -2.21. The van der Waals surface area contributed by atoms with Gasteiger partial charge in [-0.05, 0) is 53.8 Å². The van der Waals surface area contributed by atoms with E-state index < -0.39 is 10.0 Å². The van der Waals surface area contributed by atoms with Crippen molar-refractivity contribution in [2.45, 2.75) is 31.3 Å². The lowest BCUT2D eigenvalue weighted by atomic mass is 10.0. The van der Waals surface area contributed by atoms with Gasteiger partial charge >= 0.3 is 0 Å². The Bertz CT molecular complexity index is 993. The van der Waals surface area contributed by atoms with Crippen LogP contribution in [0.2, 0.25) is 0 Å². The molecule has 0 saturated carbocycles. The second kappa shape index (κ2) is 8.72. The van der Waals surface area contributed by atoms with E-state index in [-0.39, 0.29) is 29.3 Å². The predicted octanol–water partition coefficient (Wildman–Crippen LogP) is 3.95. The highest BCUT2D eigenvalue weighted by Gasteiger charge is 2.21. The van der Waals surface area contributed by atoms with Gasteiger partial charge in [-0.3, -0.25) is 4.79 Å². The molecule has 2 N–H and O–H groups in total. The number of hydrogen-bond donors (Lipinski definition) is 2. The van der Waals surface area contributed by atoms with E-state index in [1.165, 1.54) is 30.5 Å². The molecule has 28 heavy (non-hydrogen) atoms. The monoisotopic (exact) mass is 418 g/mol. The van der Waals surface area contributed by atoms with Crippen LogP contribution in [0.1, 0.15) is 40.9 Å². The van der Waals surface area contributed by atoms with Crippen LogP contribution in [0.5, 0.6) is 0 Å².